The summed E-state index contributed by atoms with van der Waals surface area (Å²) in [7, 11) is 0. The van der Waals surface area contributed by atoms with E-state index in [1.807, 2.05) is 0 Å². The van der Waals surface area contributed by atoms with Gasteiger partial charge in [0.25, 0.3) is 11.1 Å². The number of thiazole rings is 1. The Morgan fingerprint density at radius 2 is 2.04 bits per heavy atom. The molecule has 0 aliphatic carbocycles. The zero-order valence-electron chi connectivity index (χ0n) is 13.1. The maximum absolute atomic E-state index is 12.5. The van der Waals surface area contributed by atoms with Gasteiger partial charge in [0.05, 0.1) is 0 Å². The molecule has 3 aliphatic rings. The lowest BCUT2D eigenvalue weighted by Gasteiger charge is -2.44. The van der Waals surface area contributed by atoms with E-state index in [1.54, 1.807) is 29.6 Å². The number of piperidine rings is 3. The third-order valence-corrected chi connectivity index (χ3v) is 5.79. The highest BCUT2D eigenvalue weighted by Crippen LogP contribution is 2.29. The molecule has 1 aromatic heterocycles. The summed E-state index contributed by atoms with van der Waals surface area (Å²) < 4.78 is 5.61. The van der Waals surface area contributed by atoms with Crippen LogP contribution in [0.25, 0.3) is 0 Å². The second kappa shape index (κ2) is 6.70. The van der Waals surface area contributed by atoms with Crippen molar-refractivity contribution in [1.82, 2.24) is 15.2 Å². The van der Waals surface area contributed by atoms with Crippen LogP contribution in [0, 0.1) is 5.92 Å². The summed E-state index contributed by atoms with van der Waals surface area (Å²) in [4.78, 5) is 18.9. The van der Waals surface area contributed by atoms with Crippen LogP contribution in [0.4, 0.5) is 0 Å². The second-order valence-corrected chi connectivity index (χ2v) is 7.49. The minimum atomic E-state index is -0.0161. The van der Waals surface area contributed by atoms with Crippen molar-refractivity contribution in [2.75, 3.05) is 19.6 Å². The number of rotatable bonds is 4. The highest BCUT2D eigenvalue weighted by Gasteiger charge is 2.34. The Morgan fingerprint density at radius 1 is 1.29 bits per heavy atom. The number of hydrogen-bond donors (Lipinski definition) is 1. The van der Waals surface area contributed by atoms with Crippen LogP contribution in [0.2, 0.25) is 5.15 Å². The molecule has 24 heavy (non-hydrogen) atoms. The third-order valence-electron chi connectivity index (χ3n) is 4.75. The third kappa shape index (κ3) is 3.41. The van der Waals surface area contributed by atoms with E-state index in [4.69, 9.17) is 16.3 Å². The number of benzene rings is 1. The van der Waals surface area contributed by atoms with Gasteiger partial charge in [0, 0.05) is 23.5 Å². The van der Waals surface area contributed by atoms with Crippen LogP contribution in [-0.4, -0.2) is 41.5 Å². The number of aromatic nitrogens is 1. The first-order chi connectivity index (χ1) is 11.7. The largest absolute Gasteiger partial charge is 0.431 e. The summed E-state index contributed by atoms with van der Waals surface area (Å²) >= 11 is 7.11. The molecule has 1 aromatic carbocycles. The molecule has 7 heteroatoms. The average molecular weight is 364 g/mol. The molecule has 4 heterocycles. The minimum Gasteiger partial charge on any atom is -0.431 e. The molecule has 3 fully saturated rings. The fraction of sp³-hybridized carbons (Fsp3) is 0.412. The maximum atomic E-state index is 12.5. The van der Waals surface area contributed by atoms with E-state index >= 15 is 0 Å². The summed E-state index contributed by atoms with van der Waals surface area (Å²) in [6.45, 7) is 3.32. The Hall–Kier alpha value is -1.63. The predicted molar refractivity (Wildman–Crippen MR) is 94.1 cm³/mol. The molecule has 3 saturated heterocycles. The lowest BCUT2D eigenvalue weighted by Crippen LogP contribution is -2.57. The second-order valence-electron chi connectivity index (χ2n) is 6.28. The Kier molecular flexibility index (Phi) is 4.43. The molecular formula is C17H18ClN3O2S. The minimum absolute atomic E-state index is 0.0161. The molecule has 5 rings (SSSR count). The van der Waals surface area contributed by atoms with Crippen molar-refractivity contribution in [2.45, 2.75) is 18.9 Å². The normalized spacial score (nSPS) is 25.5. The molecule has 5 nitrogen and oxygen atoms in total. The monoisotopic (exact) mass is 363 g/mol. The molecule has 0 radical (unpaired) electrons. The first-order valence-electron chi connectivity index (χ1n) is 8.09. The van der Waals surface area contributed by atoms with Crippen molar-refractivity contribution >= 4 is 28.8 Å². The molecule has 2 bridgehead atoms. The van der Waals surface area contributed by atoms with Crippen LogP contribution in [0.15, 0.2) is 29.6 Å². The van der Waals surface area contributed by atoms with E-state index in [9.17, 15) is 4.79 Å². The lowest BCUT2D eigenvalue weighted by atomic mass is 9.84. The van der Waals surface area contributed by atoms with E-state index in [-0.39, 0.29) is 11.9 Å². The van der Waals surface area contributed by atoms with Crippen molar-refractivity contribution in [3.05, 3.63) is 40.4 Å². The lowest BCUT2D eigenvalue weighted by molar-refractivity contribution is 0.0620. The number of fused-ring (bicyclic) bond motifs is 3. The molecule has 1 atom stereocenters. The molecule has 0 unspecified atom stereocenters. The first-order valence-corrected chi connectivity index (χ1v) is 9.35. The van der Waals surface area contributed by atoms with Gasteiger partial charge in [-0.15, -0.1) is 0 Å². The first kappa shape index (κ1) is 15.9. The molecule has 0 saturated carbocycles. The van der Waals surface area contributed by atoms with Gasteiger partial charge in [-0.05, 0) is 56.1 Å². The number of carbonyl (C=O) groups excluding carboxylic acids is 1. The van der Waals surface area contributed by atoms with E-state index in [2.05, 4.69) is 15.2 Å². The van der Waals surface area contributed by atoms with Crippen molar-refractivity contribution in [3.63, 3.8) is 0 Å². The van der Waals surface area contributed by atoms with Gasteiger partial charge in [-0.2, -0.15) is 4.98 Å². The number of amides is 1. The van der Waals surface area contributed by atoms with E-state index < -0.39 is 0 Å². The van der Waals surface area contributed by atoms with Crippen LogP contribution in [-0.2, 0) is 0 Å². The SMILES string of the molecule is O=C(N[C@H]1CN2CCC1CC2)c1ccc(Oc2nc(Cl)cs2)cc1. The average Bonchev–Trinajstić information content (AvgIpc) is 3.01. The van der Waals surface area contributed by atoms with Crippen LogP contribution in [0.1, 0.15) is 23.2 Å². The highest BCUT2D eigenvalue weighted by molar-refractivity contribution is 7.11. The topological polar surface area (TPSA) is 54.5 Å². The number of nitrogens with one attached hydrogen (secondary N) is 1. The van der Waals surface area contributed by atoms with Crippen LogP contribution < -0.4 is 10.1 Å². The van der Waals surface area contributed by atoms with Crippen molar-refractivity contribution in [3.8, 4) is 10.9 Å². The molecule has 1 N–H and O–H groups in total. The van der Waals surface area contributed by atoms with Gasteiger partial charge >= 0.3 is 0 Å². The Labute approximate surface area is 149 Å². The Bertz CT molecular complexity index is 726. The van der Waals surface area contributed by atoms with Gasteiger partial charge in [0.1, 0.15) is 10.9 Å². The van der Waals surface area contributed by atoms with Gasteiger partial charge in [0.2, 0.25) is 0 Å². The molecular weight excluding hydrogens is 346 g/mol. The van der Waals surface area contributed by atoms with Crippen LogP contribution in [0.3, 0.4) is 0 Å². The molecule has 2 aromatic rings. The molecule has 0 spiro atoms. The predicted octanol–water partition coefficient (Wildman–Crippen LogP) is 3.41. The standard InChI is InChI=1S/C17H18ClN3O2S/c18-15-10-24-17(20-15)23-13-3-1-12(2-4-13)16(22)19-14-9-21-7-5-11(14)6-8-21/h1-4,10-11,14H,5-9H2,(H,19,22)/t14-/m0/s1. The number of ether oxygens (including phenoxy) is 1. The van der Waals surface area contributed by atoms with Gasteiger partial charge < -0.3 is 15.0 Å². The summed E-state index contributed by atoms with van der Waals surface area (Å²) in [5.41, 5.74) is 0.649. The maximum Gasteiger partial charge on any atom is 0.280 e. The zero-order valence-corrected chi connectivity index (χ0v) is 14.6. The molecule has 126 valence electrons. The van der Waals surface area contributed by atoms with Gasteiger partial charge in [-0.25, -0.2) is 0 Å². The van der Waals surface area contributed by atoms with E-state index in [0.29, 0.717) is 27.6 Å². The Balaban J connectivity index is 1.38. The highest BCUT2D eigenvalue weighted by atomic mass is 35.5. The Morgan fingerprint density at radius 3 is 2.62 bits per heavy atom. The van der Waals surface area contributed by atoms with Crippen LogP contribution >= 0.6 is 22.9 Å². The van der Waals surface area contributed by atoms with Crippen molar-refractivity contribution in [2.24, 2.45) is 5.92 Å². The fourth-order valence-corrected chi connectivity index (χ4v) is 4.25. The van der Waals surface area contributed by atoms with Gasteiger partial charge in [0.15, 0.2) is 0 Å². The quantitative estimate of drug-likeness (QED) is 0.904. The number of halogens is 1. The van der Waals surface area contributed by atoms with E-state index in [0.717, 1.165) is 6.54 Å². The van der Waals surface area contributed by atoms with Crippen LogP contribution in [0.5, 0.6) is 10.9 Å². The molecule has 3 aliphatic heterocycles. The zero-order chi connectivity index (χ0) is 16.5. The van der Waals surface area contributed by atoms with Crippen molar-refractivity contribution < 1.29 is 9.53 Å². The van der Waals surface area contributed by atoms with E-state index in [1.165, 1.54) is 37.3 Å². The smallest absolute Gasteiger partial charge is 0.280 e. The number of nitrogens with zero attached hydrogens (tertiary/aromatic N) is 2. The van der Waals surface area contributed by atoms with Gasteiger partial charge in [-0.3, -0.25) is 4.79 Å². The number of hydrogen-bond acceptors (Lipinski definition) is 5. The fourth-order valence-electron chi connectivity index (χ4n) is 3.44. The molecule has 1 amide bonds. The summed E-state index contributed by atoms with van der Waals surface area (Å²) in [6, 6.07) is 7.39. The van der Waals surface area contributed by atoms with Gasteiger partial charge in [-0.1, -0.05) is 22.9 Å². The summed E-state index contributed by atoms with van der Waals surface area (Å²) in [5, 5.41) is 5.82. The summed E-state index contributed by atoms with van der Waals surface area (Å²) in [5.74, 6) is 1.24. The number of carbonyl (C=O) groups is 1. The van der Waals surface area contributed by atoms with Crippen molar-refractivity contribution in [1.29, 1.82) is 0 Å². The summed E-state index contributed by atoms with van der Waals surface area (Å²) in [6.07, 6.45) is 2.38.